The van der Waals surface area contributed by atoms with Crippen LogP contribution in [-0.2, 0) is 19.1 Å². The maximum absolute atomic E-state index is 13.3. The third kappa shape index (κ3) is 6.25. The SMILES string of the molecule is CCCOc1cccc2[nH]c(C(=O)C[C@@H](CC3CC3)C(=O)N[C@@H](C[C@@H]3CCNC3=O)C(=O)OC)cc12. The summed E-state index contributed by atoms with van der Waals surface area (Å²) < 4.78 is 10.7. The predicted molar refractivity (Wildman–Crippen MR) is 134 cm³/mol. The number of H-pyrrole nitrogens is 1. The Labute approximate surface area is 210 Å². The molecule has 2 aromatic rings. The molecule has 1 aromatic carbocycles. The molecule has 1 aliphatic carbocycles. The van der Waals surface area contributed by atoms with Crippen molar-refractivity contribution in [2.75, 3.05) is 20.3 Å². The number of aromatic amines is 1. The molecule has 0 spiro atoms. The number of carbonyl (C=O) groups is 4. The highest BCUT2D eigenvalue weighted by molar-refractivity contribution is 6.02. The molecule has 1 aromatic heterocycles. The van der Waals surface area contributed by atoms with Gasteiger partial charge in [-0.05, 0) is 49.8 Å². The van der Waals surface area contributed by atoms with Crippen LogP contribution in [0.4, 0.5) is 0 Å². The van der Waals surface area contributed by atoms with Crippen molar-refractivity contribution in [1.29, 1.82) is 0 Å². The molecule has 3 N–H and O–H groups in total. The van der Waals surface area contributed by atoms with Crippen molar-refractivity contribution < 1.29 is 28.7 Å². The lowest BCUT2D eigenvalue weighted by Crippen LogP contribution is -2.46. The normalized spacial score (nSPS) is 18.9. The Bertz CT molecular complexity index is 1120. The molecule has 0 unspecified atom stereocenters. The van der Waals surface area contributed by atoms with Crippen LogP contribution in [0, 0.1) is 17.8 Å². The zero-order chi connectivity index (χ0) is 25.7. The highest BCUT2D eigenvalue weighted by atomic mass is 16.5. The molecule has 3 atom stereocenters. The van der Waals surface area contributed by atoms with E-state index < -0.39 is 17.9 Å². The largest absolute Gasteiger partial charge is 0.493 e. The van der Waals surface area contributed by atoms with Crippen molar-refractivity contribution >= 4 is 34.5 Å². The summed E-state index contributed by atoms with van der Waals surface area (Å²) in [7, 11) is 1.26. The molecule has 1 saturated heterocycles. The van der Waals surface area contributed by atoms with Gasteiger partial charge in [0.1, 0.15) is 11.8 Å². The summed E-state index contributed by atoms with van der Waals surface area (Å²) in [5.41, 5.74) is 1.23. The van der Waals surface area contributed by atoms with Crippen LogP contribution in [0.2, 0.25) is 0 Å². The van der Waals surface area contributed by atoms with Crippen molar-refractivity contribution in [2.24, 2.45) is 17.8 Å². The average Bonchev–Trinajstić information content (AvgIpc) is 3.43. The first-order valence-electron chi connectivity index (χ1n) is 12.8. The Kier molecular flexibility index (Phi) is 8.28. The van der Waals surface area contributed by atoms with E-state index in [1.54, 1.807) is 6.07 Å². The fraction of sp³-hybridized carbons (Fsp3) is 0.556. The number of nitrogens with one attached hydrogen (secondary N) is 3. The van der Waals surface area contributed by atoms with E-state index in [4.69, 9.17) is 9.47 Å². The number of Topliss-reactive ketones (excluding diaryl/α,β-unsaturated/α-hetero) is 1. The topological polar surface area (TPSA) is 127 Å². The fourth-order valence-electron chi connectivity index (χ4n) is 4.79. The number of benzene rings is 1. The summed E-state index contributed by atoms with van der Waals surface area (Å²) >= 11 is 0. The van der Waals surface area contributed by atoms with E-state index in [-0.39, 0.29) is 36.4 Å². The number of aromatic nitrogens is 1. The Morgan fingerprint density at radius 1 is 1.17 bits per heavy atom. The van der Waals surface area contributed by atoms with Crippen LogP contribution in [0.3, 0.4) is 0 Å². The van der Waals surface area contributed by atoms with Crippen LogP contribution in [0.5, 0.6) is 5.75 Å². The van der Waals surface area contributed by atoms with Gasteiger partial charge in [-0.2, -0.15) is 0 Å². The maximum Gasteiger partial charge on any atom is 0.328 e. The van der Waals surface area contributed by atoms with Crippen molar-refractivity contribution in [2.45, 2.75) is 57.9 Å². The van der Waals surface area contributed by atoms with E-state index in [2.05, 4.69) is 15.6 Å². The lowest BCUT2D eigenvalue weighted by atomic mass is 9.92. The molecule has 1 aliphatic heterocycles. The molecule has 2 fully saturated rings. The quantitative estimate of drug-likeness (QED) is 0.288. The Morgan fingerprint density at radius 3 is 2.64 bits per heavy atom. The number of ketones is 1. The molecule has 4 rings (SSSR count). The number of ether oxygens (including phenoxy) is 2. The van der Waals surface area contributed by atoms with E-state index in [0.29, 0.717) is 43.4 Å². The number of fused-ring (bicyclic) bond motifs is 1. The van der Waals surface area contributed by atoms with Gasteiger partial charge in [-0.15, -0.1) is 0 Å². The molecule has 1 saturated carbocycles. The van der Waals surface area contributed by atoms with E-state index in [1.165, 1.54) is 7.11 Å². The Balaban J connectivity index is 1.47. The number of hydrogen-bond acceptors (Lipinski definition) is 6. The van der Waals surface area contributed by atoms with E-state index in [1.807, 2.05) is 25.1 Å². The molecule has 9 heteroatoms. The lowest BCUT2D eigenvalue weighted by Gasteiger charge is -2.22. The summed E-state index contributed by atoms with van der Waals surface area (Å²) in [5, 5.41) is 6.37. The van der Waals surface area contributed by atoms with Crippen molar-refractivity contribution in [1.82, 2.24) is 15.6 Å². The van der Waals surface area contributed by atoms with Gasteiger partial charge in [0.2, 0.25) is 11.8 Å². The van der Waals surface area contributed by atoms with Crippen LogP contribution >= 0.6 is 0 Å². The molecule has 2 amide bonds. The van der Waals surface area contributed by atoms with Crippen LogP contribution in [0.1, 0.15) is 62.4 Å². The third-order valence-corrected chi connectivity index (χ3v) is 6.99. The number of methoxy groups -OCH3 is 1. The second kappa shape index (κ2) is 11.6. The zero-order valence-corrected chi connectivity index (χ0v) is 20.9. The van der Waals surface area contributed by atoms with Gasteiger partial charge in [-0.3, -0.25) is 14.4 Å². The Hall–Kier alpha value is -3.36. The van der Waals surface area contributed by atoms with Gasteiger partial charge in [-0.25, -0.2) is 4.79 Å². The monoisotopic (exact) mass is 497 g/mol. The Morgan fingerprint density at radius 2 is 1.97 bits per heavy atom. The number of rotatable bonds is 13. The van der Waals surface area contributed by atoms with Gasteiger partial charge in [0.05, 0.1) is 19.4 Å². The summed E-state index contributed by atoms with van der Waals surface area (Å²) in [4.78, 5) is 54.1. The molecule has 0 radical (unpaired) electrons. The zero-order valence-electron chi connectivity index (χ0n) is 20.9. The molecule has 194 valence electrons. The second-order valence-electron chi connectivity index (χ2n) is 9.85. The molecular formula is C27H35N3O6. The summed E-state index contributed by atoms with van der Waals surface area (Å²) in [6.45, 7) is 3.17. The highest BCUT2D eigenvalue weighted by Crippen LogP contribution is 2.37. The first-order valence-corrected chi connectivity index (χ1v) is 12.8. The summed E-state index contributed by atoms with van der Waals surface area (Å²) in [6.07, 6.45) is 4.34. The van der Waals surface area contributed by atoms with Crippen molar-refractivity contribution in [3.63, 3.8) is 0 Å². The minimum Gasteiger partial charge on any atom is -0.493 e. The number of esters is 1. The second-order valence-corrected chi connectivity index (χ2v) is 9.85. The summed E-state index contributed by atoms with van der Waals surface area (Å²) in [5.74, 6) is -1.04. The maximum atomic E-state index is 13.3. The van der Waals surface area contributed by atoms with Crippen molar-refractivity contribution in [3.8, 4) is 5.75 Å². The molecular weight excluding hydrogens is 462 g/mol. The minimum absolute atomic E-state index is 0.0259. The first-order chi connectivity index (χ1) is 17.4. The molecule has 36 heavy (non-hydrogen) atoms. The van der Waals surface area contributed by atoms with Crippen LogP contribution in [0.15, 0.2) is 24.3 Å². The molecule has 0 bridgehead atoms. The van der Waals surface area contributed by atoms with Gasteiger partial charge in [0.15, 0.2) is 5.78 Å². The highest BCUT2D eigenvalue weighted by Gasteiger charge is 2.36. The van der Waals surface area contributed by atoms with Gasteiger partial charge >= 0.3 is 5.97 Å². The number of carbonyl (C=O) groups excluding carboxylic acids is 4. The molecule has 2 heterocycles. The first kappa shape index (κ1) is 25.7. The summed E-state index contributed by atoms with van der Waals surface area (Å²) in [6, 6.07) is 6.49. The third-order valence-electron chi connectivity index (χ3n) is 6.99. The van der Waals surface area contributed by atoms with E-state index in [0.717, 1.165) is 30.2 Å². The molecule has 2 aliphatic rings. The van der Waals surface area contributed by atoms with Gasteiger partial charge in [0.25, 0.3) is 0 Å². The minimum atomic E-state index is -0.931. The van der Waals surface area contributed by atoms with Crippen LogP contribution in [0.25, 0.3) is 10.9 Å². The van der Waals surface area contributed by atoms with E-state index >= 15 is 0 Å². The lowest BCUT2D eigenvalue weighted by molar-refractivity contribution is -0.146. The fourth-order valence-corrected chi connectivity index (χ4v) is 4.79. The predicted octanol–water partition coefficient (Wildman–Crippen LogP) is 3.13. The number of amides is 2. The molecule has 9 nitrogen and oxygen atoms in total. The van der Waals surface area contributed by atoms with Gasteiger partial charge in [-0.1, -0.05) is 25.8 Å². The van der Waals surface area contributed by atoms with Crippen molar-refractivity contribution in [3.05, 3.63) is 30.0 Å². The van der Waals surface area contributed by atoms with Crippen LogP contribution in [-0.4, -0.2) is 54.9 Å². The smallest absolute Gasteiger partial charge is 0.328 e. The number of hydrogen-bond donors (Lipinski definition) is 3. The van der Waals surface area contributed by atoms with E-state index in [9.17, 15) is 19.2 Å². The van der Waals surface area contributed by atoms with Gasteiger partial charge in [0, 0.05) is 35.7 Å². The van der Waals surface area contributed by atoms with Crippen LogP contribution < -0.4 is 15.4 Å². The van der Waals surface area contributed by atoms with Gasteiger partial charge < -0.3 is 25.1 Å². The standard InChI is InChI=1S/C27H35N3O6/c1-3-11-36-24-6-4-5-20-19(24)15-21(29-20)23(31)14-18(12-16-7-8-16)26(33)30-22(27(34)35-2)13-17-9-10-28-25(17)32/h4-6,15-18,22,29H,3,7-14H2,1-2H3,(H,28,32)(H,30,33)/t17-,18+,22-/m0/s1. The average molecular weight is 498 g/mol.